The highest BCUT2D eigenvalue weighted by molar-refractivity contribution is 7.89. The van der Waals surface area contributed by atoms with Gasteiger partial charge in [-0.2, -0.15) is 4.31 Å². The molecule has 210 valence electrons. The van der Waals surface area contributed by atoms with E-state index in [4.69, 9.17) is 14.5 Å². The van der Waals surface area contributed by atoms with E-state index in [9.17, 15) is 13.2 Å². The van der Waals surface area contributed by atoms with Crippen molar-refractivity contribution in [3.05, 3.63) is 35.0 Å². The van der Waals surface area contributed by atoms with E-state index in [-0.39, 0.29) is 10.6 Å². The molecule has 1 fully saturated rings. The highest BCUT2D eigenvalue weighted by Gasteiger charge is 2.28. The molecule has 1 saturated heterocycles. The standard InChI is InChI=1S/C25H34N8O5S/c1-4-14-38-20-8-7-18(39(35,36)31-10-6-9-30(11-12-31)13-15-37-3)16-19(20)22-27-21-23(28-22)32(5-2)25(34)33-17-26-29-24(21)33/h7-8,16-17H,4-6,9-15H2,1-3H3,(H,27,28). The number of aromatic amines is 1. The molecule has 14 heteroatoms. The Balaban J connectivity index is 1.57. The zero-order chi connectivity index (χ0) is 27.6. The maximum atomic E-state index is 13.8. The molecular weight excluding hydrogens is 524 g/mol. The minimum atomic E-state index is -3.78. The van der Waals surface area contributed by atoms with Crippen LogP contribution in [0.3, 0.4) is 0 Å². The predicted octanol–water partition coefficient (Wildman–Crippen LogP) is 1.59. The van der Waals surface area contributed by atoms with Crippen molar-refractivity contribution in [3.63, 3.8) is 0 Å². The van der Waals surface area contributed by atoms with E-state index in [2.05, 4.69) is 20.1 Å². The summed E-state index contributed by atoms with van der Waals surface area (Å²) in [6, 6.07) is 4.85. The Morgan fingerprint density at radius 3 is 2.69 bits per heavy atom. The molecule has 1 aromatic carbocycles. The zero-order valence-electron chi connectivity index (χ0n) is 22.5. The monoisotopic (exact) mass is 558 g/mol. The second-order valence-corrected chi connectivity index (χ2v) is 11.4. The van der Waals surface area contributed by atoms with Gasteiger partial charge in [-0.25, -0.2) is 22.6 Å². The normalized spacial score (nSPS) is 15.8. The third-order valence-corrected chi connectivity index (χ3v) is 8.82. The molecule has 1 N–H and O–H groups in total. The number of hydrogen-bond acceptors (Lipinski definition) is 9. The maximum Gasteiger partial charge on any atom is 0.336 e. The molecule has 0 aliphatic carbocycles. The van der Waals surface area contributed by atoms with Crippen LogP contribution in [0.1, 0.15) is 26.7 Å². The number of nitrogens with zero attached hydrogens (tertiary/aromatic N) is 7. The lowest BCUT2D eigenvalue weighted by molar-refractivity contribution is 0.151. The van der Waals surface area contributed by atoms with Gasteiger partial charge in [0.2, 0.25) is 10.0 Å². The van der Waals surface area contributed by atoms with Crippen molar-refractivity contribution in [1.29, 1.82) is 0 Å². The lowest BCUT2D eigenvalue weighted by atomic mass is 10.2. The Hall–Kier alpha value is -3.33. The Morgan fingerprint density at radius 1 is 1.08 bits per heavy atom. The summed E-state index contributed by atoms with van der Waals surface area (Å²) >= 11 is 0. The number of nitrogens with one attached hydrogen (secondary N) is 1. The molecule has 1 aliphatic heterocycles. The molecule has 5 rings (SSSR count). The average Bonchev–Trinajstić information content (AvgIpc) is 3.53. The summed E-state index contributed by atoms with van der Waals surface area (Å²) < 4.78 is 43.1. The minimum absolute atomic E-state index is 0.160. The molecule has 1 aliphatic rings. The number of sulfonamides is 1. The Morgan fingerprint density at radius 2 is 1.92 bits per heavy atom. The number of fused-ring (bicyclic) bond motifs is 3. The largest absolute Gasteiger partial charge is 0.493 e. The number of hydrogen-bond donors (Lipinski definition) is 1. The van der Waals surface area contributed by atoms with Crippen molar-refractivity contribution in [2.75, 3.05) is 53.0 Å². The van der Waals surface area contributed by atoms with Crippen LogP contribution in [0.4, 0.5) is 0 Å². The summed E-state index contributed by atoms with van der Waals surface area (Å²) in [6.07, 6.45) is 2.88. The molecule has 0 atom stereocenters. The molecule has 4 aromatic rings. The molecule has 0 unspecified atom stereocenters. The molecular formula is C25H34N8O5S. The third-order valence-electron chi connectivity index (χ3n) is 6.93. The second-order valence-electron chi connectivity index (χ2n) is 9.43. The average molecular weight is 559 g/mol. The van der Waals surface area contributed by atoms with Gasteiger partial charge in [0.25, 0.3) is 0 Å². The first-order valence-corrected chi connectivity index (χ1v) is 14.6. The number of methoxy groups -OCH3 is 1. The van der Waals surface area contributed by atoms with Crippen molar-refractivity contribution in [2.45, 2.75) is 38.1 Å². The SMILES string of the molecule is CCCOc1ccc(S(=O)(=O)N2CCCN(CCOC)CC2)cc1-c1nc2c([nH]1)c1nncn1c(=O)n2CC. The fourth-order valence-corrected chi connectivity index (χ4v) is 6.36. The molecule has 0 bridgehead atoms. The number of aryl methyl sites for hydroxylation is 1. The van der Waals surface area contributed by atoms with Crippen LogP contribution in [0.5, 0.6) is 5.75 Å². The molecule has 3 aromatic heterocycles. The van der Waals surface area contributed by atoms with Crippen LogP contribution < -0.4 is 10.4 Å². The molecule has 39 heavy (non-hydrogen) atoms. The van der Waals surface area contributed by atoms with Gasteiger partial charge in [-0.1, -0.05) is 6.92 Å². The van der Waals surface area contributed by atoms with Crippen molar-refractivity contribution in [2.24, 2.45) is 0 Å². The maximum absolute atomic E-state index is 13.8. The molecule has 0 saturated carbocycles. The third kappa shape index (κ3) is 5.16. The van der Waals surface area contributed by atoms with Gasteiger partial charge in [-0.05, 0) is 44.5 Å². The number of imidazole rings is 1. The van der Waals surface area contributed by atoms with Gasteiger partial charge in [0.05, 0.1) is 23.7 Å². The van der Waals surface area contributed by atoms with Crippen LogP contribution in [0.15, 0.2) is 34.2 Å². The van der Waals surface area contributed by atoms with Crippen molar-refractivity contribution in [1.82, 2.24) is 38.3 Å². The lowest BCUT2D eigenvalue weighted by Gasteiger charge is -2.22. The van der Waals surface area contributed by atoms with Crippen molar-refractivity contribution in [3.8, 4) is 17.1 Å². The van der Waals surface area contributed by atoms with Crippen molar-refractivity contribution >= 4 is 26.8 Å². The summed E-state index contributed by atoms with van der Waals surface area (Å²) in [5, 5.41) is 7.98. The number of H-pyrrole nitrogens is 1. The zero-order valence-corrected chi connectivity index (χ0v) is 23.3. The molecule has 0 radical (unpaired) electrons. The van der Waals surface area contributed by atoms with E-state index < -0.39 is 10.0 Å². The topological polar surface area (TPSA) is 140 Å². The van der Waals surface area contributed by atoms with Crippen LogP contribution in [0, 0.1) is 0 Å². The van der Waals surface area contributed by atoms with E-state index in [0.29, 0.717) is 73.3 Å². The van der Waals surface area contributed by atoms with Crippen LogP contribution in [0.2, 0.25) is 0 Å². The van der Waals surface area contributed by atoms with Crippen LogP contribution in [0.25, 0.3) is 28.2 Å². The van der Waals surface area contributed by atoms with Gasteiger partial charge in [-0.15, -0.1) is 10.2 Å². The quantitative estimate of drug-likeness (QED) is 0.307. The smallest absolute Gasteiger partial charge is 0.336 e. The van der Waals surface area contributed by atoms with E-state index in [0.717, 1.165) is 25.9 Å². The molecule has 13 nitrogen and oxygen atoms in total. The molecule has 0 spiro atoms. The first-order chi connectivity index (χ1) is 18.9. The van der Waals surface area contributed by atoms with E-state index in [1.165, 1.54) is 15.3 Å². The van der Waals surface area contributed by atoms with Crippen molar-refractivity contribution < 1.29 is 17.9 Å². The Bertz CT molecular complexity index is 1630. The first-order valence-electron chi connectivity index (χ1n) is 13.2. The predicted molar refractivity (Wildman–Crippen MR) is 145 cm³/mol. The summed E-state index contributed by atoms with van der Waals surface area (Å²) in [6.45, 7) is 8.37. The number of rotatable bonds is 10. The summed E-state index contributed by atoms with van der Waals surface area (Å²) in [4.78, 5) is 23.3. The Kier molecular flexibility index (Phi) is 7.98. The fraction of sp³-hybridized carbons (Fsp3) is 0.520. The van der Waals surface area contributed by atoms with Gasteiger partial charge < -0.3 is 14.5 Å². The highest BCUT2D eigenvalue weighted by atomic mass is 32.2. The van der Waals surface area contributed by atoms with Gasteiger partial charge in [0, 0.05) is 39.8 Å². The van der Waals surface area contributed by atoms with Crippen LogP contribution >= 0.6 is 0 Å². The molecule has 4 heterocycles. The van der Waals surface area contributed by atoms with E-state index in [1.54, 1.807) is 29.6 Å². The van der Waals surface area contributed by atoms with Gasteiger partial charge in [-0.3, -0.25) is 9.47 Å². The van der Waals surface area contributed by atoms with E-state index in [1.807, 2.05) is 13.8 Å². The summed E-state index contributed by atoms with van der Waals surface area (Å²) in [5.41, 5.74) is 1.48. The summed E-state index contributed by atoms with van der Waals surface area (Å²) in [5.74, 6) is 0.881. The van der Waals surface area contributed by atoms with Gasteiger partial charge >= 0.3 is 5.69 Å². The fourth-order valence-electron chi connectivity index (χ4n) is 4.87. The van der Waals surface area contributed by atoms with Crippen LogP contribution in [-0.4, -0.2) is 99.8 Å². The number of aromatic nitrogens is 6. The molecule has 0 amide bonds. The number of ether oxygens (including phenoxy) is 2. The highest BCUT2D eigenvalue weighted by Crippen LogP contribution is 2.33. The second kappa shape index (κ2) is 11.4. The minimum Gasteiger partial charge on any atom is -0.493 e. The van der Waals surface area contributed by atoms with E-state index >= 15 is 0 Å². The number of benzene rings is 1. The van der Waals surface area contributed by atoms with Gasteiger partial charge in [0.15, 0.2) is 11.3 Å². The summed E-state index contributed by atoms with van der Waals surface area (Å²) in [7, 11) is -2.11. The van der Waals surface area contributed by atoms with Gasteiger partial charge in [0.1, 0.15) is 23.4 Å². The first kappa shape index (κ1) is 27.2. The Labute approximate surface area is 226 Å². The van der Waals surface area contributed by atoms with Crippen LogP contribution in [-0.2, 0) is 21.3 Å². The lowest BCUT2D eigenvalue weighted by Crippen LogP contribution is -2.36.